The van der Waals surface area contributed by atoms with E-state index in [0.29, 0.717) is 16.2 Å². The smallest absolute Gasteiger partial charge is 0.273 e. The lowest BCUT2D eigenvalue weighted by Gasteiger charge is -2.06. The average Bonchev–Trinajstić information content (AvgIpc) is 3.22. The van der Waals surface area contributed by atoms with Crippen molar-refractivity contribution in [1.82, 2.24) is 14.9 Å². The lowest BCUT2D eigenvalue weighted by Crippen LogP contribution is -2.26. The fourth-order valence-electron chi connectivity index (χ4n) is 2.50. The summed E-state index contributed by atoms with van der Waals surface area (Å²) in [7, 11) is -3.77. The van der Waals surface area contributed by atoms with Gasteiger partial charge in [0, 0.05) is 11.4 Å². The Morgan fingerprint density at radius 3 is 2.52 bits per heavy atom. The van der Waals surface area contributed by atoms with Crippen molar-refractivity contribution in [3.63, 3.8) is 0 Å². The topological polar surface area (TPSA) is 74.8 Å². The van der Waals surface area contributed by atoms with Crippen LogP contribution in [-0.4, -0.2) is 25.2 Å². The molecule has 2 heterocycles. The summed E-state index contributed by atoms with van der Waals surface area (Å²) in [5, 5.41) is 5.57. The Labute approximate surface area is 158 Å². The minimum atomic E-state index is -4.54. The predicted molar refractivity (Wildman–Crippen MR) is 97.0 cm³/mol. The molecule has 0 aliphatic rings. The number of aryl methyl sites for hydroxylation is 1. The van der Waals surface area contributed by atoms with Gasteiger partial charge in [0.25, 0.3) is 0 Å². The number of nitrogens with zero attached hydrogens (tertiary/aromatic N) is 1. The highest BCUT2D eigenvalue weighted by molar-refractivity contribution is 7.89. The number of alkyl halides is 3. The van der Waals surface area contributed by atoms with Crippen molar-refractivity contribution in [1.29, 1.82) is 0 Å². The van der Waals surface area contributed by atoms with Crippen molar-refractivity contribution in [3.05, 3.63) is 58.6 Å². The van der Waals surface area contributed by atoms with Crippen molar-refractivity contribution in [3.8, 4) is 10.6 Å². The first-order valence-electron chi connectivity index (χ1n) is 7.94. The highest BCUT2D eigenvalue weighted by Gasteiger charge is 2.33. The third-order valence-corrected chi connectivity index (χ3v) is 6.64. The van der Waals surface area contributed by atoms with Gasteiger partial charge in [0.2, 0.25) is 10.0 Å². The van der Waals surface area contributed by atoms with Crippen LogP contribution in [0.3, 0.4) is 0 Å². The minimum absolute atomic E-state index is 0.0483. The molecule has 2 N–H and O–H groups in total. The molecular weight excluding hydrogens is 399 g/mol. The summed E-state index contributed by atoms with van der Waals surface area (Å²) in [6.07, 6.45) is -4.00. The second-order valence-electron chi connectivity index (χ2n) is 5.83. The maximum Gasteiger partial charge on any atom is 0.432 e. The first kappa shape index (κ1) is 19.6. The van der Waals surface area contributed by atoms with Gasteiger partial charge in [-0.2, -0.15) is 18.3 Å². The number of sulfonamides is 1. The maximum atomic E-state index is 12.7. The molecule has 0 radical (unpaired) electrons. The van der Waals surface area contributed by atoms with Gasteiger partial charge in [-0.1, -0.05) is 30.3 Å². The highest BCUT2D eigenvalue weighted by Crippen LogP contribution is 2.35. The molecule has 1 aromatic carbocycles. The van der Waals surface area contributed by atoms with Crippen LogP contribution in [-0.2, 0) is 22.6 Å². The largest absolute Gasteiger partial charge is 0.432 e. The summed E-state index contributed by atoms with van der Waals surface area (Å²) in [5.41, 5.74) is 0.0780. The van der Waals surface area contributed by atoms with E-state index in [2.05, 4.69) is 9.82 Å². The molecular formula is C17H16F3N3O2S2. The van der Waals surface area contributed by atoms with Gasteiger partial charge >= 0.3 is 6.18 Å². The molecule has 0 saturated carbocycles. The zero-order chi connectivity index (χ0) is 19.7. The quantitative estimate of drug-likeness (QED) is 0.639. The summed E-state index contributed by atoms with van der Waals surface area (Å²) in [4.78, 5) is 0.878. The molecule has 2 aromatic heterocycles. The lowest BCUT2D eigenvalue weighted by atomic mass is 10.2. The molecule has 144 valence electrons. The van der Waals surface area contributed by atoms with Gasteiger partial charge in [0.05, 0.1) is 9.77 Å². The molecule has 27 heavy (non-hydrogen) atoms. The SMILES string of the molecule is Cc1sc(-c2cc(C(F)(F)F)[nH]n2)cc1S(=O)(=O)NCCc1ccccc1. The van der Waals surface area contributed by atoms with Crippen molar-refractivity contribution < 1.29 is 21.6 Å². The second-order valence-corrected chi connectivity index (χ2v) is 8.82. The fraction of sp³-hybridized carbons (Fsp3) is 0.235. The third-order valence-electron chi connectivity index (χ3n) is 3.85. The van der Waals surface area contributed by atoms with Gasteiger partial charge in [-0.05, 0) is 31.0 Å². The van der Waals surface area contributed by atoms with Crippen LogP contribution in [0.2, 0.25) is 0 Å². The van der Waals surface area contributed by atoms with Crippen LogP contribution >= 0.6 is 11.3 Å². The van der Waals surface area contributed by atoms with E-state index < -0.39 is 21.9 Å². The Bertz CT molecular complexity index is 1030. The van der Waals surface area contributed by atoms with E-state index in [-0.39, 0.29) is 17.1 Å². The molecule has 5 nitrogen and oxygen atoms in total. The van der Waals surface area contributed by atoms with Gasteiger partial charge in [-0.25, -0.2) is 13.1 Å². The summed E-state index contributed by atoms with van der Waals surface area (Å²) < 4.78 is 65.7. The number of hydrogen-bond donors (Lipinski definition) is 2. The number of aromatic amines is 1. The molecule has 0 aliphatic carbocycles. The van der Waals surface area contributed by atoms with Crippen LogP contribution in [0.25, 0.3) is 10.6 Å². The molecule has 10 heteroatoms. The zero-order valence-electron chi connectivity index (χ0n) is 14.2. The van der Waals surface area contributed by atoms with E-state index in [1.54, 1.807) is 6.92 Å². The van der Waals surface area contributed by atoms with Gasteiger partial charge in [-0.15, -0.1) is 11.3 Å². The predicted octanol–water partition coefficient (Wildman–Crippen LogP) is 3.99. The molecule has 0 unspecified atom stereocenters. The molecule has 0 saturated heterocycles. The van der Waals surface area contributed by atoms with Crippen LogP contribution < -0.4 is 4.72 Å². The first-order chi connectivity index (χ1) is 12.7. The van der Waals surface area contributed by atoms with E-state index in [9.17, 15) is 21.6 Å². The number of halogens is 3. The van der Waals surface area contributed by atoms with Crippen molar-refractivity contribution in [2.45, 2.75) is 24.4 Å². The number of nitrogens with one attached hydrogen (secondary N) is 2. The van der Waals surface area contributed by atoms with Crippen LogP contribution in [0.4, 0.5) is 13.2 Å². The lowest BCUT2D eigenvalue weighted by molar-refractivity contribution is -0.141. The third kappa shape index (κ3) is 4.57. The number of hydrogen-bond acceptors (Lipinski definition) is 4. The molecule has 0 amide bonds. The Hall–Kier alpha value is -2.17. The number of benzene rings is 1. The number of H-pyrrole nitrogens is 1. The zero-order valence-corrected chi connectivity index (χ0v) is 15.8. The first-order valence-corrected chi connectivity index (χ1v) is 10.2. The maximum absolute atomic E-state index is 12.7. The van der Waals surface area contributed by atoms with Crippen molar-refractivity contribution in [2.24, 2.45) is 0 Å². The Morgan fingerprint density at radius 2 is 1.89 bits per heavy atom. The van der Waals surface area contributed by atoms with Crippen LogP contribution in [0.5, 0.6) is 0 Å². The monoisotopic (exact) mass is 415 g/mol. The van der Waals surface area contributed by atoms with Gasteiger partial charge in [0.15, 0.2) is 0 Å². The minimum Gasteiger partial charge on any atom is -0.273 e. The van der Waals surface area contributed by atoms with E-state index >= 15 is 0 Å². The Balaban J connectivity index is 1.75. The van der Waals surface area contributed by atoms with Gasteiger partial charge < -0.3 is 0 Å². The Kier molecular flexibility index (Phi) is 5.41. The number of thiophene rings is 1. The van der Waals surface area contributed by atoms with Crippen LogP contribution in [0.1, 0.15) is 16.1 Å². The second kappa shape index (κ2) is 7.45. The molecule has 0 aliphatic heterocycles. The molecule has 3 rings (SSSR count). The summed E-state index contributed by atoms with van der Waals surface area (Å²) in [6, 6.07) is 11.6. The average molecular weight is 415 g/mol. The summed E-state index contributed by atoms with van der Waals surface area (Å²) in [6.45, 7) is 1.83. The molecule has 3 aromatic rings. The number of aromatic nitrogens is 2. The van der Waals surface area contributed by atoms with Gasteiger partial charge in [0.1, 0.15) is 11.4 Å². The highest BCUT2D eigenvalue weighted by atomic mass is 32.2. The van der Waals surface area contributed by atoms with Gasteiger partial charge in [-0.3, -0.25) is 5.10 Å². The summed E-state index contributed by atoms with van der Waals surface area (Å²) in [5.74, 6) is 0. The standard InChI is InChI=1S/C17H16F3N3O2S2/c1-11-15(27(24,25)21-8-7-12-5-3-2-4-6-12)10-14(26-11)13-9-16(23-22-13)17(18,19)20/h2-6,9-10,21H,7-8H2,1H3,(H,22,23). The van der Waals surface area contributed by atoms with E-state index in [4.69, 9.17) is 0 Å². The molecule has 0 spiro atoms. The van der Waals surface area contributed by atoms with Crippen molar-refractivity contribution >= 4 is 21.4 Å². The van der Waals surface area contributed by atoms with Crippen molar-refractivity contribution in [2.75, 3.05) is 6.54 Å². The Morgan fingerprint density at radius 1 is 1.19 bits per heavy atom. The van der Waals surface area contributed by atoms with E-state index in [1.807, 2.05) is 35.4 Å². The van der Waals surface area contributed by atoms with E-state index in [1.165, 1.54) is 6.07 Å². The van der Waals surface area contributed by atoms with Crippen LogP contribution in [0.15, 0.2) is 47.4 Å². The molecule has 0 fully saturated rings. The van der Waals surface area contributed by atoms with Crippen LogP contribution in [0, 0.1) is 6.92 Å². The normalized spacial score (nSPS) is 12.4. The summed E-state index contributed by atoms with van der Waals surface area (Å²) >= 11 is 1.08. The number of rotatable bonds is 6. The molecule has 0 atom stereocenters. The fourth-order valence-corrected chi connectivity index (χ4v) is 5.09. The molecule has 0 bridgehead atoms. The van der Waals surface area contributed by atoms with E-state index in [0.717, 1.165) is 23.0 Å².